The molecular weight excluding hydrogens is 212 g/mol. The second-order valence-corrected chi connectivity index (χ2v) is 6.17. The summed E-state index contributed by atoms with van der Waals surface area (Å²) < 4.78 is 25.6. The Morgan fingerprint density at radius 2 is 2.13 bits per heavy atom. The van der Waals surface area contributed by atoms with Gasteiger partial charge in [-0.05, 0) is 38.6 Å². The first-order chi connectivity index (χ1) is 7.11. The molecule has 1 fully saturated rings. The summed E-state index contributed by atoms with van der Waals surface area (Å²) in [6.07, 6.45) is 4.44. The Balaban J connectivity index is 2.52. The molecule has 0 bridgehead atoms. The molecule has 0 saturated carbocycles. The van der Waals surface area contributed by atoms with E-state index in [4.69, 9.17) is 5.73 Å². The molecule has 4 nitrogen and oxygen atoms in total. The number of hydrogen-bond acceptors (Lipinski definition) is 3. The van der Waals surface area contributed by atoms with Crippen LogP contribution >= 0.6 is 0 Å². The molecule has 1 unspecified atom stereocenters. The van der Waals surface area contributed by atoms with Crippen LogP contribution in [0.5, 0.6) is 0 Å². The highest BCUT2D eigenvalue weighted by molar-refractivity contribution is 7.89. The van der Waals surface area contributed by atoms with Gasteiger partial charge >= 0.3 is 0 Å². The SMILES string of the molecule is CCC1CCCN1S(=O)(=O)CCCCN. The van der Waals surface area contributed by atoms with Crippen molar-refractivity contribution in [3.63, 3.8) is 0 Å². The van der Waals surface area contributed by atoms with E-state index in [9.17, 15) is 8.42 Å². The van der Waals surface area contributed by atoms with Gasteiger partial charge in [0.1, 0.15) is 0 Å². The Morgan fingerprint density at radius 1 is 1.40 bits per heavy atom. The van der Waals surface area contributed by atoms with E-state index >= 15 is 0 Å². The molecule has 0 aromatic heterocycles. The van der Waals surface area contributed by atoms with Crippen LogP contribution in [0.1, 0.15) is 39.0 Å². The zero-order valence-electron chi connectivity index (χ0n) is 9.48. The van der Waals surface area contributed by atoms with Crippen LogP contribution in [-0.4, -0.2) is 37.6 Å². The van der Waals surface area contributed by atoms with Crippen molar-refractivity contribution >= 4 is 10.0 Å². The average Bonchev–Trinajstić information content (AvgIpc) is 2.66. The van der Waals surface area contributed by atoms with Gasteiger partial charge in [-0.25, -0.2) is 8.42 Å². The van der Waals surface area contributed by atoms with Crippen LogP contribution in [0.15, 0.2) is 0 Å². The van der Waals surface area contributed by atoms with Gasteiger partial charge in [-0.3, -0.25) is 0 Å². The molecule has 0 aromatic carbocycles. The van der Waals surface area contributed by atoms with Gasteiger partial charge in [0.15, 0.2) is 0 Å². The van der Waals surface area contributed by atoms with Gasteiger partial charge in [0.05, 0.1) is 5.75 Å². The van der Waals surface area contributed by atoms with Crippen molar-refractivity contribution < 1.29 is 8.42 Å². The zero-order chi connectivity index (χ0) is 11.3. The van der Waals surface area contributed by atoms with E-state index < -0.39 is 10.0 Å². The standard InChI is InChI=1S/C10H22N2O2S/c1-2-10-6-5-8-12(10)15(13,14)9-4-3-7-11/h10H,2-9,11H2,1H3. The van der Waals surface area contributed by atoms with Gasteiger partial charge < -0.3 is 5.73 Å². The minimum atomic E-state index is -3.02. The van der Waals surface area contributed by atoms with Crippen molar-refractivity contribution in [3.05, 3.63) is 0 Å². The molecule has 1 heterocycles. The van der Waals surface area contributed by atoms with Crippen LogP contribution in [0.2, 0.25) is 0 Å². The van der Waals surface area contributed by atoms with E-state index in [0.29, 0.717) is 19.5 Å². The fourth-order valence-electron chi connectivity index (χ4n) is 2.13. The molecule has 1 atom stereocenters. The Kier molecular flexibility index (Phi) is 5.02. The van der Waals surface area contributed by atoms with E-state index in [-0.39, 0.29) is 11.8 Å². The van der Waals surface area contributed by atoms with Crippen LogP contribution in [0.4, 0.5) is 0 Å². The highest BCUT2D eigenvalue weighted by atomic mass is 32.2. The number of rotatable bonds is 6. The van der Waals surface area contributed by atoms with Crippen LogP contribution in [0, 0.1) is 0 Å². The lowest BCUT2D eigenvalue weighted by atomic mass is 10.2. The summed E-state index contributed by atoms with van der Waals surface area (Å²) in [5, 5.41) is 0. The fraction of sp³-hybridized carbons (Fsp3) is 1.00. The van der Waals surface area contributed by atoms with Gasteiger partial charge in [0.2, 0.25) is 10.0 Å². The first-order valence-corrected chi connectivity index (χ1v) is 7.42. The van der Waals surface area contributed by atoms with E-state index in [0.717, 1.165) is 25.7 Å². The van der Waals surface area contributed by atoms with Gasteiger partial charge in [-0.2, -0.15) is 4.31 Å². The van der Waals surface area contributed by atoms with Crippen molar-refractivity contribution in [1.82, 2.24) is 4.31 Å². The fourth-order valence-corrected chi connectivity index (χ4v) is 4.05. The summed E-state index contributed by atoms with van der Waals surface area (Å²) in [4.78, 5) is 0. The lowest BCUT2D eigenvalue weighted by Crippen LogP contribution is -2.36. The molecular formula is C10H22N2O2S. The molecule has 1 aliphatic rings. The molecule has 0 aliphatic carbocycles. The second kappa shape index (κ2) is 5.82. The Bertz CT molecular complexity index is 277. The molecule has 0 aromatic rings. The Morgan fingerprint density at radius 3 is 2.73 bits per heavy atom. The highest BCUT2D eigenvalue weighted by Gasteiger charge is 2.32. The van der Waals surface area contributed by atoms with Crippen molar-refractivity contribution in [2.45, 2.75) is 45.1 Å². The van der Waals surface area contributed by atoms with E-state index in [2.05, 4.69) is 6.92 Å². The quantitative estimate of drug-likeness (QED) is 0.695. The Labute approximate surface area is 92.9 Å². The van der Waals surface area contributed by atoms with Crippen LogP contribution < -0.4 is 5.73 Å². The van der Waals surface area contributed by atoms with Crippen LogP contribution in [0.3, 0.4) is 0 Å². The third kappa shape index (κ3) is 3.43. The van der Waals surface area contributed by atoms with Crippen LogP contribution in [-0.2, 0) is 10.0 Å². The number of unbranched alkanes of at least 4 members (excludes halogenated alkanes) is 1. The maximum Gasteiger partial charge on any atom is 0.214 e. The first-order valence-electron chi connectivity index (χ1n) is 5.81. The van der Waals surface area contributed by atoms with Gasteiger partial charge in [0.25, 0.3) is 0 Å². The second-order valence-electron chi connectivity index (χ2n) is 4.13. The van der Waals surface area contributed by atoms with Crippen molar-refractivity contribution in [2.75, 3.05) is 18.8 Å². The van der Waals surface area contributed by atoms with E-state index in [1.165, 1.54) is 0 Å². The topological polar surface area (TPSA) is 63.4 Å². The van der Waals surface area contributed by atoms with E-state index in [1.807, 2.05) is 0 Å². The van der Waals surface area contributed by atoms with Crippen LogP contribution in [0.25, 0.3) is 0 Å². The van der Waals surface area contributed by atoms with Crippen molar-refractivity contribution in [3.8, 4) is 0 Å². The Hall–Kier alpha value is -0.130. The summed E-state index contributed by atoms with van der Waals surface area (Å²) in [5.74, 6) is 0.265. The molecule has 0 spiro atoms. The summed E-state index contributed by atoms with van der Waals surface area (Å²) in [6, 6.07) is 0.243. The smallest absolute Gasteiger partial charge is 0.214 e. The summed E-state index contributed by atoms with van der Waals surface area (Å²) >= 11 is 0. The van der Waals surface area contributed by atoms with Gasteiger partial charge in [-0.15, -0.1) is 0 Å². The van der Waals surface area contributed by atoms with Crippen molar-refractivity contribution in [2.24, 2.45) is 5.73 Å². The average molecular weight is 234 g/mol. The number of sulfonamides is 1. The highest BCUT2D eigenvalue weighted by Crippen LogP contribution is 2.23. The normalized spacial score (nSPS) is 23.5. The molecule has 15 heavy (non-hydrogen) atoms. The minimum Gasteiger partial charge on any atom is -0.330 e. The summed E-state index contributed by atoms with van der Waals surface area (Å²) in [6.45, 7) is 3.34. The molecule has 0 radical (unpaired) electrons. The molecule has 2 N–H and O–H groups in total. The lowest BCUT2D eigenvalue weighted by Gasteiger charge is -2.22. The monoisotopic (exact) mass is 234 g/mol. The van der Waals surface area contributed by atoms with Gasteiger partial charge in [0, 0.05) is 12.6 Å². The molecule has 0 amide bonds. The number of hydrogen-bond donors (Lipinski definition) is 1. The number of nitrogens with two attached hydrogens (primary N) is 1. The predicted molar refractivity (Wildman–Crippen MR) is 62.1 cm³/mol. The summed E-state index contributed by atoms with van der Waals surface area (Å²) in [7, 11) is -3.02. The molecule has 1 rings (SSSR count). The van der Waals surface area contributed by atoms with Crippen molar-refractivity contribution in [1.29, 1.82) is 0 Å². The largest absolute Gasteiger partial charge is 0.330 e. The summed E-state index contributed by atoms with van der Waals surface area (Å²) in [5.41, 5.74) is 5.36. The molecule has 90 valence electrons. The third-order valence-electron chi connectivity index (χ3n) is 3.01. The lowest BCUT2D eigenvalue weighted by molar-refractivity contribution is 0.379. The maximum absolute atomic E-state index is 12.0. The zero-order valence-corrected chi connectivity index (χ0v) is 10.3. The predicted octanol–water partition coefficient (Wildman–Crippen LogP) is 0.929. The molecule has 1 aliphatic heterocycles. The van der Waals surface area contributed by atoms with Gasteiger partial charge in [-0.1, -0.05) is 6.92 Å². The minimum absolute atomic E-state index is 0.243. The molecule has 1 saturated heterocycles. The molecule has 5 heteroatoms. The van der Waals surface area contributed by atoms with E-state index in [1.54, 1.807) is 4.31 Å². The maximum atomic E-state index is 12.0. The first kappa shape index (κ1) is 12.9. The number of nitrogens with zero attached hydrogens (tertiary/aromatic N) is 1. The third-order valence-corrected chi connectivity index (χ3v) is 5.01.